The van der Waals surface area contributed by atoms with Crippen molar-refractivity contribution in [1.82, 2.24) is 19.4 Å². The minimum atomic E-state index is -0.400. The summed E-state index contributed by atoms with van der Waals surface area (Å²) in [7, 11) is 3.67. The number of aliphatic hydroxyl groups is 1. The third-order valence-corrected chi connectivity index (χ3v) is 6.39. The van der Waals surface area contributed by atoms with Crippen LogP contribution >= 0.6 is 0 Å². The van der Waals surface area contributed by atoms with E-state index >= 15 is 4.39 Å². The number of pyridine rings is 2. The molecule has 34 heavy (non-hydrogen) atoms. The number of benzene rings is 1. The monoisotopic (exact) mass is 458 g/mol. The number of aliphatic hydroxyl groups excluding tert-OH is 1. The first kappa shape index (κ1) is 22.3. The highest BCUT2D eigenvalue weighted by molar-refractivity contribution is 5.96. The molecule has 6 nitrogen and oxygen atoms in total. The summed E-state index contributed by atoms with van der Waals surface area (Å²) in [6, 6.07) is 13.2. The van der Waals surface area contributed by atoms with Gasteiger partial charge >= 0.3 is 0 Å². The van der Waals surface area contributed by atoms with E-state index in [1.54, 1.807) is 31.5 Å². The van der Waals surface area contributed by atoms with Gasteiger partial charge in [0.25, 0.3) is 0 Å². The van der Waals surface area contributed by atoms with Crippen LogP contribution < -0.4 is 4.74 Å². The SMILES string of the molecule is COc1ccc(C(=C(F)c2ccc(CO)nc2)n2c3c(c4cc(C)ccc42)CN(C)CC3)cn1. The summed E-state index contributed by atoms with van der Waals surface area (Å²) >= 11 is 0. The third kappa shape index (κ3) is 3.87. The van der Waals surface area contributed by atoms with E-state index in [-0.39, 0.29) is 6.61 Å². The molecule has 3 aromatic heterocycles. The van der Waals surface area contributed by atoms with Gasteiger partial charge in [-0.3, -0.25) is 4.98 Å². The zero-order chi connectivity index (χ0) is 23.8. The van der Waals surface area contributed by atoms with Gasteiger partial charge in [-0.25, -0.2) is 9.37 Å². The normalized spacial score (nSPS) is 14.7. The third-order valence-electron chi connectivity index (χ3n) is 6.39. The molecule has 0 fully saturated rings. The summed E-state index contributed by atoms with van der Waals surface area (Å²) in [6.07, 6.45) is 3.92. The van der Waals surface area contributed by atoms with Gasteiger partial charge in [-0.05, 0) is 49.9 Å². The number of ether oxygens (including phenoxy) is 1. The van der Waals surface area contributed by atoms with Gasteiger partial charge in [-0.1, -0.05) is 11.6 Å². The van der Waals surface area contributed by atoms with E-state index in [4.69, 9.17) is 4.74 Å². The quantitative estimate of drug-likeness (QED) is 0.475. The Labute approximate surface area is 198 Å². The molecule has 0 spiro atoms. The number of methoxy groups -OCH3 is 1. The van der Waals surface area contributed by atoms with Crippen LogP contribution in [0.4, 0.5) is 4.39 Å². The highest BCUT2D eigenvalue weighted by Crippen LogP contribution is 2.38. The van der Waals surface area contributed by atoms with E-state index in [2.05, 4.69) is 51.6 Å². The van der Waals surface area contributed by atoms with Crippen LogP contribution in [0.2, 0.25) is 0 Å². The topological polar surface area (TPSA) is 63.4 Å². The number of hydrogen-bond donors (Lipinski definition) is 1. The van der Waals surface area contributed by atoms with E-state index in [0.29, 0.717) is 28.4 Å². The van der Waals surface area contributed by atoms with Crippen molar-refractivity contribution in [3.63, 3.8) is 0 Å². The zero-order valence-corrected chi connectivity index (χ0v) is 19.5. The Balaban J connectivity index is 1.82. The lowest BCUT2D eigenvalue weighted by molar-refractivity contribution is 0.277. The maximum Gasteiger partial charge on any atom is 0.212 e. The van der Waals surface area contributed by atoms with Crippen molar-refractivity contribution >= 4 is 22.4 Å². The Kier molecular flexibility index (Phi) is 5.89. The molecule has 0 atom stereocenters. The van der Waals surface area contributed by atoms with E-state index in [1.807, 2.05) is 6.07 Å². The van der Waals surface area contributed by atoms with Gasteiger partial charge in [0.15, 0.2) is 5.83 Å². The van der Waals surface area contributed by atoms with Crippen molar-refractivity contribution in [2.24, 2.45) is 0 Å². The summed E-state index contributed by atoms with van der Waals surface area (Å²) in [4.78, 5) is 10.8. The Hall–Kier alpha value is -3.55. The number of hydrogen-bond acceptors (Lipinski definition) is 5. The lowest BCUT2D eigenvalue weighted by Crippen LogP contribution is -2.27. The van der Waals surface area contributed by atoms with E-state index < -0.39 is 5.83 Å². The molecule has 1 aromatic carbocycles. The minimum absolute atomic E-state index is 0.191. The maximum absolute atomic E-state index is 16.4. The average Bonchev–Trinajstić information content (AvgIpc) is 3.17. The molecule has 0 bridgehead atoms. The van der Waals surface area contributed by atoms with Gasteiger partial charge in [-0.15, -0.1) is 0 Å². The number of fused-ring (bicyclic) bond motifs is 3. The first-order valence-corrected chi connectivity index (χ1v) is 11.3. The van der Waals surface area contributed by atoms with Crippen molar-refractivity contribution < 1.29 is 14.2 Å². The molecule has 5 rings (SSSR count). The second-order valence-electron chi connectivity index (χ2n) is 8.72. The molecule has 0 amide bonds. The molecule has 7 heteroatoms. The standard InChI is InChI=1S/C27H27FN4O2/c1-17-4-8-23-21(12-17)22-15-31(2)11-10-24(22)32(23)27(19-6-9-25(34-3)30-14-19)26(28)18-5-7-20(16-33)29-13-18/h4-9,12-14,33H,10-11,15-16H2,1-3H3. The largest absolute Gasteiger partial charge is 0.481 e. The second kappa shape index (κ2) is 9.00. The molecule has 0 saturated carbocycles. The fourth-order valence-corrected chi connectivity index (χ4v) is 4.64. The average molecular weight is 459 g/mol. The zero-order valence-electron chi connectivity index (χ0n) is 19.5. The van der Waals surface area contributed by atoms with Gasteiger partial charge in [0, 0.05) is 60.2 Å². The lowest BCUT2D eigenvalue weighted by atomic mass is 10.0. The maximum atomic E-state index is 16.4. The molecule has 174 valence electrons. The lowest BCUT2D eigenvalue weighted by Gasteiger charge is -2.25. The molecule has 0 radical (unpaired) electrons. The molecule has 0 unspecified atom stereocenters. The molecular formula is C27H27FN4O2. The highest BCUT2D eigenvalue weighted by atomic mass is 19.1. The van der Waals surface area contributed by atoms with Crippen LogP contribution in [0.25, 0.3) is 22.4 Å². The predicted molar refractivity (Wildman–Crippen MR) is 131 cm³/mol. The van der Waals surface area contributed by atoms with Crippen LogP contribution in [0.15, 0.2) is 54.9 Å². The van der Waals surface area contributed by atoms with Gasteiger partial charge in [0.1, 0.15) is 0 Å². The summed E-state index contributed by atoms with van der Waals surface area (Å²) in [6.45, 7) is 3.59. The number of aryl methyl sites for hydroxylation is 1. The summed E-state index contributed by atoms with van der Waals surface area (Å²) in [5.41, 5.74) is 6.38. The molecule has 4 aromatic rings. The van der Waals surface area contributed by atoms with Crippen LogP contribution in [0, 0.1) is 6.92 Å². The van der Waals surface area contributed by atoms with Crippen molar-refractivity contribution in [1.29, 1.82) is 0 Å². The van der Waals surface area contributed by atoms with Gasteiger partial charge < -0.3 is 19.3 Å². The van der Waals surface area contributed by atoms with Crippen molar-refractivity contribution in [3.8, 4) is 5.88 Å². The number of likely N-dealkylation sites (N-methyl/N-ethyl adjacent to an activating group) is 1. The summed E-state index contributed by atoms with van der Waals surface area (Å²) < 4.78 is 23.7. The fourth-order valence-electron chi connectivity index (χ4n) is 4.64. The van der Waals surface area contributed by atoms with E-state index in [0.717, 1.165) is 36.1 Å². The molecular weight excluding hydrogens is 431 g/mol. The molecule has 1 N–H and O–H groups in total. The fraction of sp³-hybridized carbons (Fsp3) is 0.259. The van der Waals surface area contributed by atoms with Gasteiger partial charge in [-0.2, -0.15) is 0 Å². The summed E-state index contributed by atoms with van der Waals surface area (Å²) in [5.74, 6) is 0.0669. The predicted octanol–water partition coefficient (Wildman–Crippen LogP) is 4.57. The van der Waals surface area contributed by atoms with Crippen LogP contribution in [0.5, 0.6) is 5.88 Å². The minimum Gasteiger partial charge on any atom is -0.481 e. The Morgan fingerprint density at radius 1 is 1.09 bits per heavy atom. The smallest absolute Gasteiger partial charge is 0.212 e. The van der Waals surface area contributed by atoms with Gasteiger partial charge in [0.05, 0.1) is 30.6 Å². The first-order valence-electron chi connectivity index (χ1n) is 11.3. The van der Waals surface area contributed by atoms with Crippen molar-refractivity contribution in [2.45, 2.75) is 26.5 Å². The Morgan fingerprint density at radius 3 is 2.56 bits per heavy atom. The van der Waals surface area contributed by atoms with Crippen LogP contribution in [-0.2, 0) is 19.6 Å². The number of aromatic nitrogens is 3. The number of rotatable bonds is 5. The van der Waals surface area contributed by atoms with E-state index in [1.165, 1.54) is 17.3 Å². The second-order valence-corrected chi connectivity index (χ2v) is 8.72. The van der Waals surface area contributed by atoms with E-state index in [9.17, 15) is 5.11 Å². The molecule has 1 aliphatic rings. The van der Waals surface area contributed by atoms with Crippen molar-refractivity contribution in [3.05, 3.63) is 88.5 Å². The van der Waals surface area contributed by atoms with Crippen LogP contribution in [0.3, 0.4) is 0 Å². The first-order chi connectivity index (χ1) is 16.5. The Morgan fingerprint density at radius 2 is 1.88 bits per heavy atom. The Bertz CT molecular complexity index is 1370. The van der Waals surface area contributed by atoms with Gasteiger partial charge in [0.2, 0.25) is 5.88 Å². The molecule has 4 heterocycles. The highest BCUT2D eigenvalue weighted by Gasteiger charge is 2.27. The molecule has 0 aliphatic carbocycles. The van der Waals surface area contributed by atoms with Crippen LogP contribution in [-0.4, -0.2) is 45.2 Å². The molecule has 1 aliphatic heterocycles. The summed E-state index contributed by atoms with van der Waals surface area (Å²) in [5, 5.41) is 10.5. The number of nitrogens with zero attached hydrogens (tertiary/aromatic N) is 4. The number of halogens is 1. The molecule has 0 saturated heterocycles. The van der Waals surface area contributed by atoms with Crippen LogP contribution in [0.1, 0.15) is 33.6 Å². The van der Waals surface area contributed by atoms with Crippen molar-refractivity contribution in [2.75, 3.05) is 20.7 Å².